The van der Waals surface area contributed by atoms with Gasteiger partial charge in [0.05, 0.1) is 11.9 Å². The molecule has 2 aromatic heterocycles. The first-order valence-electron chi connectivity index (χ1n) is 4.69. The molecule has 2 aromatic rings. The second-order valence-corrected chi connectivity index (χ2v) is 3.17. The van der Waals surface area contributed by atoms with Crippen molar-refractivity contribution in [1.82, 2.24) is 20.2 Å². The summed E-state index contributed by atoms with van der Waals surface area (Å²) in [7, 11) is 0. The van der Waals surface area contributed by atoms with Crippen LogP contribution in [0.5, 0.6) is 5.88 Å². The molecule has 0 unspecified atom stereocenters. The summed E-state index contributed by atoms with van der Waals surface area (Å²) in [4.78, 5) is 8.05. The van der Waals surface area contributed by atoms with Crippen LogP contribution >= 0.6 is 0 Å². The maximum absolute atomic E-state index is 11.9. The van der Waals surface area contributed by atoms with E-state index in [1.54, 1.807) is 13.1 Å². The Morgan fingerprint density at radius 1 is 1.41 bits per heavy atom. The Bertz CT molecular complexity index is 502. The Hall–Kier alpha value is -2.25. The zero-order valence-corrected chi connectivity index (χ0v) is 8.82. The van der Waals surface area contributed by atoms with E-state index in [0.29, 0.717) is 11.6 Å². The molecule has 0 aliphatic heterocycles. The lowest BCUT2D eigenvalue weighted by atomic mass is 10.5. The zero-order chi connectivity index (χ0) is 12.3. The minimum absolute atomic E-state index is 0.192. The van der Waals surface area contributed by atoms with Gasteiger partial charge in [0, 0.05) is 12.3 Å². The second kappa shape index (κ2) is 4.73. The minimum Gasteiger partial charge on any atom is -0.415 e. The van der Waals surface area contributed by atoms with Gasteiger partial charge in [0.15, 0.2) is 0 Å². The van der Waals surface area contributed by atoms with Crippen molar-refractivity contribution in [2.45, 2.75) is 13.5 Å². The summed E-state index contributed by atoms with van der Waals surface area (Å²) >= 11 is 0. The molecule has 0 spiro atoms. The van der Waals surface area contributed by atoms with E-state index in [0.717, 1.165) is 5.69 Å². The van der Waals surface area contributed by atoms with Gasteiger partial charge in [0.2, 0.25) is 5.88 Å². The number of hydrogen-bond acceptors (Lipinski definition) is 5. The van der Waals surface area contributed by atoms with Gasteiger partial charge >= 0.3 is 6.61 Å². The van der Waals surface area contributed by atoms with Crippen LogP contribution in [0.4, 0.5) is 20.4 Å². The van der Waals surface area contributed by atoms with Crippen LogP contribution < -0.4 is 10.1 Å². The topological polar surface area (TPSA) is 75.7 Å². The fourth-order valence-corrected chi connectivity index (χ4v) is 1.18. The summed E-state index contributed by atoms with van der Waals surface area (Å²) in [5, 5.41) is 8.85. The van der Waals surface area contributed by atoms with Gasteiger partial charge in [-0.2, -0.15) is 8.78 Å². The fraction of sp³-hybridized carbons (Fsp3) is 0.222. The third-order valence-electron chi connectivity index (χ3n) is 1.78. The summed E-state index contributed by atoms with van der Waals surface area (Å²) in [6, 6.07) is 1.30. The smallest absolute Gasteiger partial charge is 0.388 e. The first-order valence-corrected chi connectivity index (χ1v) is 4.69. The number of hydrogen-bond donors (Lipinski definition) is 2. The fourth-order valence-electron chi connectivity index (χ4n) is 1.18. The molecule has 2 N–H and O–H groups in total. The molecule has 2 heterocycles. The van der Waals surface area contributed by atoms with Crippen LogP contribution in [0.25, 0.3) is 0 Å². The molecule has 2 rings (SSSR count). The summed E-state index contributed by atoms with van der Waals surface area (Å²) in [5.41, 5.74) is 0.735. The molecule has 0 aliphatic carbocycles. The van der Waals surface area contributed by atoms with Crippen molar-refractivity contribution in [2.75, 3.05) is 5.32 Å². The maximum Gasteiger partial charge on any atom is 0.388 e. The van der Waals surface area contributed by atoms with Gasteiger partial charge in [-0.1, -0.05) is 0 Å². The average Bonchev–Trinajstić information content (AvgIpc) is 2.64. The quantitative estimate of drug-likeness (QED) is 0.854. The van der Waals surface area contributed by atoms with Gasteiger partial charge in [-0.05, 0) is 6.92 Å². The molecule has 0 radical (unpaired) electrons. The van der Waals surface area contributed by atoms with Crippen molar-refractivity contribution < 1.29 is 13.5 Å². The zero-order valence-electron chi connectivity index (χ0n) is 8.82. The monoisotopic (exact) mass is 241 g/mol. The molecule has 0 saturated carbocycles. The number of anilines is 2. The van der Waals surface area contributed by atoms with Crippen LogP contribution in [0.2, 0.25) is 0 Å². The van der Waals surface area contributed by atoms with Gasteiger partial charge in [0.25, 0.3) is 0 Å². The van der Waals surface area contributed by atoms with Crippen LogP contribution in [-0.2, 0) is 0 Å². The van der Waals surface area contributed by atoms with Crippen LogP contribution in [0, 0.1) is 6.92 Å². The SMILES string of the molecule is Cc1cncc(Nc2cc(OC(F)F)n[nH]2)n1. The van der Waals surface area contributed by atoms with Crippen molar-refractivity contribution in [2.24, 2.45) is 0 Å². The van der Waals surface area contributed by atoms with E-state index >= 15 is 0 Å². The predicted octanol–water partition coefficient (Wildman–Crippen LogP) is 1.85. The second-order valence-electron chi connectivity index (χ2n) is 3.17. The molecule has 0 bridgehead atoms. The van der Waals surface area contributed by atoms with Gasteiger partial charge in [-0.3, -0.25) is 10.1 Å². The van der Waals surface area contributed by atoms with Crippen molar-refractivity contribution in [3.05, 3.63) is 24.2 Å². The van der Waals surface area contributed by atoms with E-state index in [1.165, 1.54) is 12.3 Å². The molecule has 17 heavy (non-hydrogen) atoms. The maximum atomic E-state index is 11.9. The molecule has 8 heteroatoms. The Labute approximate surface area is 95.0 Å². The first-order chi connectivity index (χ1) is 8.13. The number of aromatic amines is 1. The summed E-state index contributed by atoms with van der Waals surface area (Å²) in [5.74, 6) is 0.681. The van der Waals surface area contributed by atoms with E-state index in [-0.39, 0.29) is 5.88 Å². The predicted molar refractivity (Wildman–Crippen MR) is 55.3 cm³/mol. The molecule has 0 amide bonds. The highest BCUT2D eigenvalue weighted by atomic mass is 19.3. The highest BCUT2D eigenvalue weighted by Gasteiger charge is 2.08. The number of nitrogens with one attached hydrogen (secondary N) is 2. The number of alkyl halides is 2. The molecule has 0 aliphatic rings. The number of halogens is 2. The number of H-pyrrole nitrogens is 1. The van der Waals surface area contributed by atoms with Crippen molar-refractivity contribution in [3.8, 4) is 5.88 Å². The van der Waals surface area contributed by atoms with Crippen molar-refractivity contribution in [1.29, 1.82) is 0 Å². The van der Waals surface area contributed by atoms with Gasteiger partial charge in [-0.25, -0.2) is 4.98 Å². The van der Waals surface area contributed by atoms with Gasteiger partial charge in [0.1, 0.15) is 11.6 Å². The highest BCUT2D eigenvalue weighted by molar-refractivity contribution is 5.51. The summed E-state index contributed by atoms with van der Waals surface area (Å²) < 4.78 is 27.9. The minimum atomic E-state index is -2.90. The molecule has 0 fully saturated rings. The standard InChI is InChI=1S/C9H9F2N5O/c1-5-3-12-4-7(13-5)14-6-2-8(16-15-6)17-9(10)11/h2-4,9H,1H3,(H2,13,14,15,16). The molecular formula is C9H9F2N5O. The molecular weight excluding hydrogens is 232 g/mol. The summed E-state index contributed by atoms with van der Waals surface area (Å²) in [6.45, 7) is -1.11. The molecule has 0 atom stereocenters. The molecule has 90 valence electrons. The van der Waals surface area contributed by atoms with E-state index in [9.17, 15) is 8.78 Å². The van der Waals surface area contributed by atoms with E-state index in [4.69, 9.17) is 0 Å². The van der Waals surface area contributed by atoms with Gasteiger partial charge in [-0.15, -0.1) is 5.10 Å². The van der Waals surface area contributed by atoms with E-state index in [1.807, 2.05) is 0 Å². The Balaban J connectivity index is 2.06. The van der Waals surface area contributed by atoms with Crippen molar-refractivity contribution >= 4 is 11.6 Å². The Morgan fingerprint density at radius 2 is 2.24 bits per heavy atom. The molecule has 6 nitrogen and oxygen atoms in total. The third-order valence-corrected chi connectivity index (χ3v) is 1.78. The first kappa shape index (κ1) is 11.2. The third kappa shape index (κ3) is 3.10. The van der Waals surface area contributed by atoms with Crippen LogP contribution in [-0.4, -0.2) is 26.8 Å². The Morgan fingerprint density at radius 3 is 2.94 bits per heavy atom. The number of aryl methyl sites for hydroxylation is 1. The largest absolute Gasteiger partial charge is 0.415 e. The molecule has 0 saturated heterocycles. The highest BCUT2D eigenvalue weighted by Crippen LogP contribution is 2.17. The average molecular weight is 241 g/mol. The van der Waals surface area contributed by atoms with E-state index < -0.39 is 6.61 Å². The molecule has 0 aromatic carbocycles. The number of aromatic nitrogens is 4. The van der Waals surface area contributed by atoms with Crippen molar-refractivity contribution in [3.63, 3.8) is 0 Å². The Kier molecular flexibility index (Phi) is 3.12. The lowest BCUT2D eigenvalue weighted by Crippen LogP contribution is -2.01. The lowest BCUT2D eigenvalue weighted by Gasteiger charge is -2.01. The summed E-state index contributed by atoms with van der Waals surface area (Å²) in [6.07, 6.45) is 3.10. The number of nitrogens with zero attached hydrogens (tertiary/aromatic N) is 3. The van der Waals surface area contributed by atoms with Crippen LogP contribution in [0.15, 0.2) is 18.5 Å². The lowest BCUT2D eigenvalue weighted by molar-refractivity contribution is -0.0528. The number of rotatable bonds is 4. The number of ether oxygens (including phenoxy) is 1. The van der Waals surface area contributed by atoms with Gasteiger partial charge < -0.3 is 10.1 Å². The van der Waals surface area contributed by atoms with Crippen LogP contribution in [0.1, 0.15) is 5.69 Å². The van der Waals surface area contributed by atoms with Crippen LogP contribution in [0.3, 0.4) is 0 Å². The van der Waals surface area contributed by atoms with E-state index in [2.05, 4.69) is 30.2 Å². The normalized spacial score (nSPS) is 10.6.